The van der Waals surface area contributed by atoms with E-state index in [1.54, 1.807) is 7.11 Å². The lowest BCUT2D eigenvalue weighted by Gasteiger charge is -2.46. The van der Waals surface area contributed by atoms with Crippen molar-refractivity contribution in [1.29, 1.82) is 0 Å². The van der Waals surface area contributed by atoms with Gasteiger partial charge in [-0.05, 0) is 30.1 Å². The molecule has 0 radical (unpaired) electrons. The highest BCUT2D eigenvalue weighted by Gasteiger charge is 2.40. The second-order valence-electron chi connectivity index (χ2n) is 9.27. The van der Waals surface area contributed by atoms with Crippen LogP contribution in [0.15, 0.2) is 60.5 Å². The average molecular weight is 436 g/mol. The number of hydrogen-bond donors (Lipinski definition) is 0. The van der Waals surface area contributed by atoms with Gasteiger partial charge in [-0.1, -0.05) is 46.1 Å². The lowest BCUT2D eigenvalue weighted by Crippen LogP contribution is -2.47. The zero-order chi connectivity index (χ0) is 23.0. The van der Waals surface area contributed by atoms with E-state index in [1.807, 2.05) is 19.1 Å². The van der Waals surface area contributed by atoms with E-state index in [0.29, 0.717) is 25.6 Å². The molecule has 1 aromatic carbocycles. The molecule has 1 aromatic heterocycles. The van der Waals surface area contributed by atoms with Crippen LogP contribution in [-0.2, 0) is 16.0 Å². The van der Waals surface area contributed by atoms with Gasteiger partial charge in [-0.3, -0.25) is 4.68 Å². The quantitative estimate of drug-likeness (QED) is 0.445. The van der Waals surface area contributed by atoms with Gasteiger partial charge in [0.2, 0.25) is 0 Å². The van der Waals surface area contributed by atoms with Crippen molar-refractivity contribution in [2.24, 2.45) is 5.41 Å². The summed E-state index contributed by atoms with van der Waals surface area (Å²) in [4.78, 5) is 2.35. The lowest BCUT2D eigenvalue weighted by molar-refractivity contribution is 0.147. The predicted molar refractivity (Wildman–Crippen MR) is 128 cm³/mol. The predicted octanol–water partition coefficient (Wildman–Crippen LogP) is 5.14. The molecule has 2 aliphatic rings. The van der Waals surface area contributed by atoms with E-state index in [1.165, 1.54) is 0 Å². The van der Waals surface area contributed by atoms with Crippen molar-refractivity contribution in [3.05, 3.63) is 66.2 Å². The fraction of sp³-hybridized carbons (Fsp3) is 0.423. The minimum Gasteiger partial charge on any atom is -0.494 e. The smallest absolute Gasteiger partial charge is 0.147 e. The van der Waals surface area contributed by atoms with Gasteiger partial charge in [-0.15, -0.1) is 0 Å². The second kappa shape index (κ2) is 8.51. The molecule has 6 nitrogen and oxygen atoms in total. The number of ether oxygens (including phenoxy) is 3. The van der Waals surface area contributed by atoms with E-state index in [9.17, 15) is 0 Å². The van der Waals surface area contributed by atoms with Gasteiger partial charge in [-0.25, -0.2) is 0 Å². The zero-order valence-electron chi connectivity index (χ0n) is 19.8. The fourth-order valence-electron chi connectivity index (χ4n) is 4.38. The minimum atomic E-state index is 0.0138. The number of benzene rings is 1. The molecule has 32 heavy (non-hydrogen) atoms. The summed E-state index contributed by atoms with van der Waals surface area (Å²) in [7, 11) is 1.67. The number of aromatic nitrogens is 2. The molecule has 0 aliphatic carbocycles. The van der Waals surface area contributed by atoms with E-state index >= 15 is 0 Å². The van der Waals surface area contributed by atoms with Crippen LogP contribution in [0.1, 0.15) is 33.4 Å². The molecule has 2 aromatic rings. The summed E-state index contributed by atoms with van der Waals surface area (Å²) in [6.45, 7) is 19.5. The maximum atomic E-state index is 5.97. The maximum absolute atomic E-state index is 5.97. The van der Waals surface area contributed by atoms with Crippen molar-refractivity contribution in [3.8, 4) is 5.75 Å². The third-order valence-electron chi connectivity index (χ3n) is 6.02. The fourth-order valence-corrected chi connectivity index (χ4v) is 4.38. The molecule has 6 heteroatoms. The minimum absolute atomic E-state index is 0.0138. The van der Waals surface area contributed by atoms with Crippen LogP contribution < -0.4 is 4.74 Å². The number of rotatable bonds is 7. The Morgan fingerprint density at radius 2 is 2.03 bits per heavy atom. The average Bonchev–Trinajstić information content (AvgIpc) is 3.12. The first kappa shape index (κ1) is 22.2. The first-order valence-corrected chi connectivity index (χ1v) is 11.1. The number of nitrogens with zero attached hydrogens (tertiary/aromatic N) is 3. The van der Waals surface area contributed by atoms with Crippen molar-refractivity contribution in [2.75, 3.05) is 26.9 Å². The van der Waals surface area contributed by atoms with Gasteiger partial charge in [0.25, 0.3) is 0 Å². The molecule has 0 N–H and O–H groups in total. The Bertz CT molecular complexity index is 1120. The molecule has 2 aliphatic heterocycles. The molecule has 0 saturated carbocycles. The van der Waals surface area contributed by atoms with Gasteiger partial charge in [-0.2, -0.15) is 5.10 Å². The monoisotopic (exact) mass is 435 g/mol. The van der Waals surface area contributed by atoms with Crippen molar-refractivity contribution >= 4 is 16.6 Å². The van der Waals surface area contributed by atoms with Crippen LogP contribution in [0.4, 0.5) is 0 Å². The molecule has 0 spiro atoms. The molecule has 0 amide bonds. The van der Waals surface area contributed by atoms with Gasteiger partial charge < -0.3 is 19.1 Å². The molecule has 0 bridgehead atoms. The molecule has 3 heterocycles. The van der Waals surface area contributed by atoms with Crippen molar-refractivity contribution in [2.45, 2.75) is 40.3 Å². The molecule has 170 valence electrons. The highest BCUT2D eigenvalue weighted by atomic mass is 16.5. The summed E-state index contributed by atoms with van der Waals surface area (Å²) in [5.41, 5.74) is 4.87. The number of methoxy groups -OCH3 is 1. The molecule has 0 fully saturated rings. The summed E-state index contributed by atoms with van der Waals surface area (Å²) in [5.74, 6) is 1.43. The molecule has 0 saturated heterocycles. The van der Waals surface area contributed by atoms with Gasteiger partial charge in [0.15, 0.2) is 0 Å². The van der Waals surface area contributed by atoms with Crippen LogP contribution in [0.5, 0.6) is 5.75 Å². The van der Waals surface area contributed by atoms with Crippen molar-refractivity contribution < 1.29 is 14.2 Å². The third-order valence-corrected chi connectivity index (χ3v) is 6.02. The Kier molecular flexibility index (Phi) is 5.91. The Morgan fingerprint density at radius 3 is 2.72 bits per heavy atom. The van der Waals surface area contributed by atoms with Gasteiger partial charge >= 0.3 is 0 Å². The van der Waals surface area contributed by atoms with Gasteiger partial charge in [0, 0.05) is 24.3 Å². The van der Waals surface area contributed by atoms with Crippen LogP contribution in [0.2, 0.25) is 0 Å². The molecule has 1 unspecified atom stereocenters. The molecule has 4 rings (SSSR count). The number of fused-ring (bicyclic) bond motifs is 5. The SMILES string of the molecule is C=C1C=C2c3c4cccc(OCCOC)c4nn3CC(C(C)(C)C)N2C=C1C(=C)OCC. The zero-order valence-corrected chi connectivity index (χ0v) is 19.8. The van der Waals surface area contributed by atoms with E-state index in [2.05, 4.69) is 61.9 Å². The highest BCUT2D eigenvalue weighted by molar-refractivity contribution is 5.95. The maximum Gasteiger partial charge on any atom is 0.147 e. The Morgan fingerprint density at radius 1 is 1.25 bits per heavy atom. The molecule has 1 atom stereocenters. The summed E-state index contributed by atoms with van der Waals surface area (Å²) in [6.07, 6.45) is 4.27. The van der Waals surface area contributed by atoms with Crippen LogP contribution in [-0.4, -0.2) is 47.7 Å². The van der Waals surface area contributed by atoms with Crippen LogP contribution in [0.25, 0.3) is 16.6 Å². The summed E-state index contributed by atoms with van der Waals surface area (Å²) < 4.78 is 18.9. The van der Waals surface area contributed by atoms with Gasteiger partial charge in [0.1, 0.15) is 23.6 Å². The summed E-state index contributed by atoms with van der Waals surface area (Å²) >= 11 is 0. The second-order valence-corrected chi connectivity index (χ2v) is 9.27. The topological polar surface area (TPSA) is 48.8 Å². The van der Waals surface area contributed by atoms with Crippen molar-refractivity contribution in [1.82, 2.24) is 14.7 Å². The molecular weight excluding hydrogens is 402 g/mol. The van der Waals surface area contributed by atoms with E-state index in [-0.39, 0.29) is 11.5 Å². The largest absolute Gasteiger partial charge is 0.494 e. The van der Waals surface area contributed by atoms with Crippen molar-refractivity contribution in [3.63, 3.8) is 0 Å². The number of hydrogen-bond acceptors (Lipinski definition) is 5. The Labute approximate surface area is 190 Å². The van der Waals surface area contributed by atoms with Gasteiger partial charge in [0.05, 0.1) is 37.2 Å². The normalized spacial score (nSPS) is 18.1. The Hall–Kier alpha value is -2.99. The number of allylic oxidation sites excluding steroid dienone is 2. The molecular formula is C26H33N3O3. The van der Waals surface area contributed by atoms with E-state index in [4.69, 9.17) is 19.3 Å². The van der Waals surface area contributed by atoms with Crippen LogP contribution in [0.3, 0.4) is 0 Å². The first-order chi connectivity index (χ1) is 15.3. The van der Waals surface area contributed by atoms with E-state index in [0.717, 1.165) is 45.7 Å². The van der Waals surface area contributed by atoms with Crippen LogP contribution >= 0.6 is 0 Å². The summed E-state index contributed by atoms with van der Waals surface area (Å²) in [6, 6.07) is 6.29. The van der Waals surface area contributed by atoms with E-state index < -0.39 is 0 Å². The standard InChI is InChI=1S/C26H33N3O3/c1-8-31-18(3)20-15-28-21(14-17(20)2)25-19-10-9-11-22(32-13-12-30-7)24(19)27-29(25)16-23(28)26(4,5)6/h9-11,14-15,23H,2-3,8,12-13,16H2,1,4-7H3. The third kappa shape index (κ3) is 3.84. The Balaban J connectivity index is 1.84. The lowest BCUT2D eigenvalue weighted by atomic mass is 9.82. The highest BCUT2D eigenvalue weighted by Crippen LogP contribution is 2.44. The summed E-state index contributed by atoms with van der Waals surface area (Å²) in [5, 5.41) is 6.05. The first-order valence-electron chi connectivity index (χ1n) is 11.1. The van der Waals surface area contributed by atoms with Crippen LogP contribution in [0, 0.1) is 5.41 Å².